The zero-order chi connectivity index (χ0) is 20.0. The lowest BCUT2D eigenvalue weighted by atomic mass is 9.77. The number of aromatic nitrogens is 1. The van der Waals surface area contributed by atoms with E-state index in [2.05, 4.69) is 10.3 Å². The summed E-state index contributed by atoms with van der Waals surface area (Å²) in [5.41, 5.74) is 1.07. The van der Waals surface area contributed by atoms with E-state index in [1.807, 2.05) is 48.6 Å². The molecule has 1 N–H and O–H groups in total. The molecule has 2 saturated heterocycles. The summed E-state index contributed by atoms with van der Waals surface area (Å²) >= 11 is 6.27. The molecule has 6 nitrogen and oxygen atoms in total. The van der Waals surface area contributed by atoms with Crippen LogP contribution in [0, 0.1) is 11.8 Å². The maximum absolute atomic E-state index is 13.3. The largest absolute Gasteiger partial charge is 0.360 e. The van der Waals surface area contributed by atoms with Gasteiger partial charge >= 0.3 is 0 Å². The zero-order valence-electron chi connectivity index (χ0n) is 15.6. The number of carbonyl (C=O) groups excluding carboxylic acids is 2. The number of pyridine rings is 1. The molecule has 1 aromatic heterocycles. The van der Waals surface area contributed by atoms with E-state index in [0.29, 0.717) is 24.7 Å². The van der Waals surface area contributed by atoms with E-state index in [9.17, 15) is 9.59 Å². The molecule has 2 fully saturated rings. The molecule has 0 radical (unpaired) electrons. The van der Waals surface area contributed by atoms with Crippen LogP contribution in [0.1, 0.15) is 11.1 Å². The third-order valence-electron chi connectivity index (χ3n) is 5.99. The van der Waals surface area contributed by atoms with Crippen LogP contribution in [0.15, 0.2) is 60.9 Å². The van der Waals surface area contributed by atoms with Crippen molar-refractivity contribution in [3.63, 3.8) is 0 Å². The number of halogens is 1. The van der Waals surface area contributed by atoms with Crippen molar-refractivity contribution in [2.75, 3.05) is 6.54 Å². The molecule has 29 heavy (non-hydrogen) atoms. The Morgan fingerprint density at radius 2 is 2.17 bits per heavy atom. The van der Waals surface area contributed by atoms with Crippen LogP contribution in [-0.4, -0.2) is 39.9 Å². The van der Waals surface area contributed by atoms with Crippen molar-refractivity contribution >= 4 is 23.4 Å². The van der Waals surface area contributed by atoms with E-state index in [1.54, 1.807) is 17.3 Å². The fourth-order valence-corrected chi connectivity index (χ4v) is 4.85. The van der Waals surface area contributed by atoms with Crippen LogP contribution in [0.4, 0.5) is 0 Å². The van der Waals surface area contributed by atoms with Gasteiger partial charge < -0.3 is 15.0 Å². The van der Waals surface area contributed by atoms with E-state index >= 15 is 0 Å². The Labute approximate surface area is 173 Å². The average molecular weight is 410 g/mol. The number of carbonyl (C=O) groups is 2. The number of hydrogen-bond acceptors (Lipinski definition) is 4. The Balaban J connectivity index is 1.34. The Morgan fingerprint density at radius 3 is 2.97 bits per heavy atom. The normalized spacial score (nSPS) is 29.3. The van der Waals surface area contributed by atoms with Gasteiger partial charge in [0, 0.05) is 30.5 Å². The number of rotatable bonds is 5. The lowest BCUT2D eigenvalue weighted by Crippen LogP contribution is -2.43. The van der Waals surface area contributed by atoms with Gasteiger partial charge in [-0.15, -0.1) is 0 Å². The predicted octanol–water partition coefficient (Wildman–Crippen LogP) is 2.33. The highest BCUT2D eigenvalue weighted by Gasteiger charge is 2.66. The van der Waals surface area contributed by atoms with E-state index in [1.165, 1.54) is 0 Å². The molecule has 3 aliphatic heterocycles. The minimum atomic E-state index is -0.723. The first-order valence-corrected chi connectivity index (χ1v) is 10.0. The smallest absolute Gasteiger partial charge is 0.230 e. The van der Waals surface area contributed by atoms with E-state index in [-0.39, 0.29) is 17.9 Å². The molecule has 1 aromatic carbocycles. The molecule has 1 spiro atoms. The lowest BCUT2D eigenvalue weighted by Gasteiger charge is -2.23. The third kappa shape index (κ3) is 3.03. The molecule has 0 aliphatic carbocycles. The van der Waals surface area contributed by atoms with Crippen LogP contribution in [0.2, 0.25) is 5.02 Å². The molecular formula is C22H20ClN3O3. The summed E-state index contributed by atoms with van der Waals surface area (Å²) in [6.45, 7) is 1.21. The number of amides is 2. The second kappa shape index (κ2) is 6.97. The van der Waals surface area contributed by atoms with Gasteiger partial charge in [-0.3, -0.25) is 14.6 Å². The summed E-state index contributed by atoms with van der Waals surface area (Å²) in [6, 6.07) is 11.2. The van der Waals surface area contributed by atoms with E-state index in [4.69, 9.17) is 16.3 Å². The average Bonchev–Trinajstić information content (AvgIpc) is 3.37. The second-order valence-electron chi connectivity index (χ2n) is 7.76. The van der Waals surface area contributed by atoms with Gasteiger partial charge in [0.25, 0.3) is 0 Å². The van der Waals surface area contributed by atoms with Gasteiger partial charge in [-0.05, 0) is 23.3 Å². The number of benzene rings is 1. The number of nitrogens with one attached hydrogen (secondary N) is 1. The van der Waals surface area contributed by atoms with Crippen LogP contribution in [-0.2, 0) is 27.4 Å². The first-order chi connectivity index (χ1) is 14.1. The summed E-state index contributed by atoms with van der Waals surface area (Å²) in [5.74, 6) is -1.25. The molecule has 0 saturated carbocycles. The Hall–Kier alpha value is -2.70. The predicted molar refractivity (Wildman–Crippen MR) is 107 cm³/mol. The van der Waals surface area contributed by atoms with Crippen molar-refractivity contribution in [2.45, 2.75) is 24.8 Å². The maximum Gasteiger partial charge on any atom is 0.230 e. The molecule has 2 aromatic rings. The fraction of sp³-hybridized carbons (Fsp3) is 0.318. The van der Waals surface area contributed by atoms with Crippen LogP contribution >= 0.6 is 11.6 Å². The first-order valence-electron chi connectivity index (χ1n) is 9.63. The van der Waals surface area contributed by atoms with Gasteiger partial charge in [0.05, 0.1) is 24.5 Å². The van der Waals surface area contributed by atoms with Crippen molar-refractivity contribution in [3.05, 3.63) is 77.1 Å². The van der Waals surface area contributed by atoms with Crippen molar-refractivity contribution in [1.29, 1.82) is 0 Å². The molecule has 5 rings (SSSR count). The SMILES string of the molecule is O=C(NCc1cccnc1)[C@@H]1[C@@H]2C=CC3(CN(Cc4ccccc4Cl)C(=O)[C@H]13)O2. The number of likely N-dealkylation sites (tertiary alicyclic amines) is 1. The van der Waals surface area contributed by atoms with Crippen molar-refractivity contribution in [1.82, 2.24) is 15.2 Å². The van der Waals surface area contributed by atoms with Crippen LogP contribution in [0.3, 0.4) is 0 Å². The molecule has 2 bridgehead atoms. The summed E-state index contributed by atoms with van der Waals surface area (Å²) in [6.07, 6.45) is 6.91. The van der Waals surface area contributed by atoms with Crippen molar-refractivity contribution < 1.29 is 14.3 Å². The highest BCUT2D eigenvalue weighted by atomic mass is 35.5. The highest BCUT2D eigenvalue weighted by molar-refractivity contribution is 6.31. The molecule has 148 valence electrons. The monoisotopic (exact) mass is 409 g/mol. The quantitative estimate of drug-likeness (QED) is 0.769. The van der Waals surface area contributed by atoms with Gasteiger partial charge in [-0.1, -0.05) is 48.0 Å². The standard InChI is InChI=1S/C22H20ClN3O3/c23-16-6-2-1-5-15(16)12-26-13-22-8-7-17(29-22)18(19(22)21(26)28)20(27)25-11-14-4-3-9-24-10-14/h1-10,17-19H,11-13H2,(H,25,27)/t17-,18+,19-,22?/m0/s1. The Morgan fingerprint density at radius 1 is 1.31 bits per heavy atom. The molecule has 2 amide bonds. The minimum Gasteiger partial charge on any atom is -0.360 e. The summed E-state index contributed by atoms with van der Waals surface area (Å²) in [4.78, 5) is 32.0. The third-order valence-corrected chi connectivity index (χ3v) is 6.36. The molecule has 3 aliphatic rings. The van der Waals surface area contributed by atoms with Crippen LogP contribution in [0.25, 0.3) is 0 Å². The molecule has 1 unspecified atom stereocenters. The van der Waals surface area contributed by atoms with Crippen LogP contribution in [0.5, 0.6) is 0 Å². The molecule has 4 heterocycles. The summed E-state index contributed by atoms with van der Waals surface area (Å²) < 4.78 is 6.16. The number of nitrogens with zero attached hydrogens (tertiary/aromatic N) is 2. The van der Waals surface area contributed by atoms with Gasteiger partial charge in [0.2, 0.25) is 11.8 Å². The molecule has 7 heteroatoms. The van der Waals surface area contributed by atoms with Gasteiger partial charge in [-0.2, -0.15) is 0 Å². The number of hydrogen-bond donors (Lipinski definition) is 1. The van der Waals surface area contributed by atoms with Crippen molar-refractivity contribution in [2.24, 2.45) is 11.8 Å². The Kier molecular flexibility index (Phi) is 4.41. The first kappa shape index (κ1) is 18.3. The number of fused-ring (bicyclic) bond motifs is 1. The zero-order valence-corrected chi connectivity index (χ0v) is 16.4. The van der Waals surface area contributed by atoms with E-state index < -0.39 is 17.4 Å². The molecule has 4 atom stereocenters. The lowest BCUT2D eigenvalue weighted by molar-refractivity contribution is -0.137. The minimum absolute atomic E-state index is 0.0571. The van der Waals surface area contributed by atoms with Gasteiger partial charge in [0.15, 0.2) is 0 Å². The topological polar surface area (TPSA) is 71.5 Å². The van der Waals surface area contributed by atoms with Gasteiger partial charge in [0.1, 0.15) is 5.60 Å². The highest BCUT2D eigenvalue weighted by Crippen LogP contribution is 2.52. The van der Waals surface area contributed by atoms with Crippen LogP contribution < -0.4 is 5.32 Å². The maximum atomic E-state index is 13.3. The van der Waals surface area contributed by atoms with Gasteiger partial charge in [-0.25, -0.2) is 0 Å². The number of ether oxygens (including phenoxy) is 1. The second-order valence-corrected chi connectivity index (χ2v) is 8.17. The fourth-order valence-electron chi connectivity index (χ4n) is 4.65. The summed E-state index contributed by atoms with van der Waals surface area (Å²) in [7, 11) is 0. The Bertz CT molecular complexity index is 996. The summed E-state index contributed by atoms with van der Waals surface area (Å²) in [5, 5.41) is 3.57. The molecular weight excluding hydrogens is 390 g/mol. The van der Waals surface area contributed by atoms with Crippen molar-refractivity contribution in [3.8, 4) is 0 Å². The van der Waals surface area contributed by atoms with E-state index in [0.717, 1.165) is 11.1 Å².